The van der Waals surface area contributed by atoms with Gasteiger partial charge in [0, 0.05) is 29.6 Å². The lowest BCUT2D eigenvalue weighted by molar-refractivity contribution is 0.0974. The van der Waals surface area contributed by atoms with E-state index in [-0.39, 0.29) is 17.6 Å². The lowest BCUT2D eigenvalue weighted by Gasteiger charge is -2.41. The van der Waals surface area contributed by atoms with Crippen molar-refractivity contribution >= 4 is 40.5 Å². The van der Waals surface area contributed by atoms with Crippen molar-refractivity contribution in [3.05, 3.63) is 35.7 Å². The van der Waals surface area contributed by atoms with Crippen LogP contribution in [0.2, 0.25) is 5.02 Å². The van der Waals surface area contributed by atoms with Crippen molar-refractivity contribution in [2.45, 2.75) is 41.8 Å². The van der Waals surface area contributed by atoms with Crippen LogP contribution in [-0.4, -0.2) is 51.4 Å². The maximum absolute atomic E-state index is 6.33. The summed E-state index contributed by atoms with van der Waals surface area (Å²) in [7, 11) is 0. The second-order valence-electron chi connectivity index (χ2n) is 8.20. The molecule has 3 aromatic rings. The van der Waals surface area contributed by atoms with Crippen molar-refractivity contribution in [3.8, 4) is 0 Å². The van der Waals surface area contributed by atoms with E-state index in [1.807, 2.05) is 29.8 Å². The Balaban J connectivity index is 1.39. The predicted octanol–water partition coefficient (Wildman–Crippen LogP) is 3.21. The minimum atomic E-state index is -0.0247. The smallest absolute Gasteiger partial charge is 0.154 e. The number of anilines is 2. The third-order valence-electron chi connectivity index (χ3n) is 6.43. The summed E-state index contributed by atoms with van der Waals surface area (Å²) in [4.78, 5) is 11.9. The number of halogens is 1. The van der Waals surface area contributed by atoms with E-state index in [4.69, 9.17) is 32.9 Å². The van der Waals surface area contributed by atoms with Gasteiger partial charge in [0.1, 0.15) is 22.4 Å². The molecule has 0 aliphatic carbocycles. The molecule has 5 heterocycles. The summed E-state index contributed by atoms with van der Waals surface area (Å²) in [6.07, 6.45) is 7.14. The standard InChI is InChI=1S/C20H24ClN9OS/c1-12-17(27-28-23)20(11-31-12)4-8-29(9-5-20)19-13-2-7-26-30(13)15(10-25-19)32-14-3-6-24-18(22)16(14)21/h2-3,6-7,10,12,17H,4-5,8-9,11H2,1H3,(H2,22,24)(H2,23,27)/t12-,17+/m0/s1. The normalized spacial score (nSPS) is 23.0. The molecule has 0 unspecified atom stereocenters. The molecule has 2 aliphatic heterocycles. The van der Waals surface area contributed by atoms with Crippen LogP contribution in [0, 0.1) is 5.41 Å². The highest BCUT2D eigenvalue weighted by Crippen LogP contribution is 2.45. The molecule has 0 aromatic carbocycles. The molecule has 0 amide bonds. The quantitative estimate of drug-likeness (QED) is 0.335. The third-order valence-corrected chi connectivity index (χ3v) is 7.99. The Bertz CT molecular complexity index is 1160. The van der Waals surface area contributed by atoms with Crippen molar-refractivity contribution in [1.82, 2.24) is 19.6 Å². The average Bonchev–Trinajstić information content (AvgIpc) is 3.40. The Labute approximate surface area is 194 Å². The number of pyridine rings is 1. The zero-order valence-corrected chi connectivity index (χ0v) is 19.1. The molecule has 1 spiro atoms. The fraction of sp³-hybridized carbons (Fsp3) is 0.450. The summed E-state index contributed by atoms with van der Waals surface area (Å²) in [6.45, 7) is 4.42. The SMILES string of the molecule is C[C@@H]1OCC2(CCN(c3ncc(Sc4ccnc(N)c4Cl)n4nccc34)CC2)[C@@H]1N=NN. The van der Waals surface area contributed by atoms with Gasteiger partial charge in [-0.15, -0.1) is 0 Å². The minimum absolute atomic E-state index is 0.00563. The second-order valence-corrected chi connectivity index (χ2v) is 9.64. The van der Waals surface area contributed by atoms with Gasteiger partial charge in [-0.05, 0) is 31.9 Å². The molecule has 4 N–H and O–H groups in total. The maximum Gasteiger partial charge on any atom is 0.154 e. The van der Waals surface area contributed by atoms with Crippen molar-refractivity contribution in [3.63, 3.8) is 0 Å². The fourth-order valence-corrected chi connectivity index (χ4v) is 5.81. The van der Waals surface area contributed by atoms with Crippen LogP contribution in [0.5, 0.6) is 0 Å². The predicted molar refractivity (Wildman–Crippen MR) is 123 cm³/mol. The van der Waals surface area contributed by atoms with Gasteiger partial charge < -0.3 is 21.2 Å². The van der Waals surface area contributed by atoms with E-state index >= 15 is 0 Å². The molecule has 0 saturated carbocycles. The van der Waals surface area contributed by atoms with E-state index in [1.165, 1.54) is 11.8 Å². The number of ether oxygens (including phenoxy) is 1. The third kappa shape index (κ3) is 3.54. The largest absolute Gasteiger partial charge is 0.382 e. The molecule has 2 saturated heterocycles. The summed E-state index contributed by atoms with van der Waals surface area (Å²) in [5.74, 6) is 6.58. The van der Waals surface area contributed by atoms with Gasteiger partial charge in [-0.25, -0.2) is 14.5 Å². The fourth-order valence-electron chi connectivity index (χ4n) is 4.70. The molecule has 2 fully saturated rings. The first-order valence-electron chi connectivity index (χ1n) is 10.4. The highest BCUT2D eigenvalue weighted by atomic mass is 35.5. The number of nitrogens with zero attached hydrogens (tertiary/aromatic N) is 7. The number of hydrogen-bond acceptors (Lipinski definition) is 9. The molecule has 5 rings (SSSR count). The molecule has 10 nitrogen and oxygen atoms in total. The van der Waals surface area contributed by atoms with Crippen LogP contribution in [0.15, 0.2) is 51.0 Å². The number of fused-ring (bicyclic) bond motifs is 1. The zero-order chi connectivity index (χ0) is 22.3. The van der Waals surface area contributed by atoms with Gasteiger partial charge in [0.25, 0.3) is 0 Å². The Morgan fingerprint density at radius 1 is 1.25 bits per heavy atom. The van der Waals surface area contributed by atoms with E-state index in [2.05, 4.69) is 25.3 Å². The minimum Gasteiger partial charge on any atom is -0.382 e. The first kappa shape index (κ1) is 21.2. The van der Waals surface area contributed by atoms with Gasteiger partial charge in [-0.3, -0.25) is 0 Å². The van der Waals surface area contributed by atoms with Gasteiger partial charge in [0.2, 0.25) is 0 Å². The molecule has 0 bridgehead atoms. The molecule has 168 valence electrons. The Hall–Kier alpha value is -2.63. The van der Waals surface area contributed by atoms with E-state index in [0.29, 0.717) is 17.4 Å². The van der Waals surface area contributed by atoms with Crippen molar-refractivity contribution in [2.75, 3.05) is 30.3 Å². The van der Waals surface area contributed by atoms with Crippen molar-refractivity contribution in [1.29, 1.82) is 0 Å². The monoisotopic (exact) mass is 473 g/mol. The number of aromatic nitrogens is 4. The Kier molecular flexibility index (Phi) is 5.56. The molecular formula is C20H24ClN9OS. The summed E-state index contributed by atoms with van der Waals surface area (Å²) in [6, 6.07) is 3.80. The van der Waals surface area contributed by atoms with E-state index in [1.54, 1.807) is 12.4 Å². The van der Waals surface area contributed by atoms with Gasteiger partial charge in [-0.1, -0.05) is 28.6 Å². The summed E-state index contributed by atoms with van der Waals surface area (Å²) >= 11 is 7.78. The first-order chi connectivity index (χ1) is 15.5. The Morgan fingerprint density at radius 3 is 2.84 bits per heavy atom. The van der Waals surface area contributed by atoms with Crippen LogP contribution >= 0.6 is 23.4 Å². The number of hydrogen-bond donors (Lipinski definition) is 2. The van der Waals surface area contributed by atoms with Crippen molar-refractivity contribution in [2.24, 2.45) is 21.6 Å². The van der Waals surface area contributed by atoms with Crippen LogP contribution in [0.25, 0.3) is 5.52 Å². The average molecular weight is 474 g/mol. The van der Waals surface area contributed by atoms with Crippen molar-refractivity contribution < 1.29 is 4.74 Å². The zero-order valence-electron chi connectivity index (χ0n) is 17.6. The van der Waals surface area contributed by atoms with Gasteiger partial charge in [0.05, 0.1) is 30.1 Å². The molecule has 12 heteroatoms. The lowest BCUT2D eigenvalue weighted by atomic mass is 9.73. The summed E-state index contributed by atoms with van der Waals surface area (Å²) in [5.41, 5.74) is 6.76. The van der Waals surface area contributed by atoms with Gasteiger partial charge in [-0.2, -0.15) is 10.2 Å². The van der Waals surface area contributed by atoms with Crippen LogP contribution < -0.4 is 16.5 Å². The molecule has 2 atom stereocenters. The number of piperidine rings is 1. The van der Waals surface area contributed by atoms with Gasteiger partial charge in [0.15, 0.2) is 5.82 Å². The second kappa shape index (κ2) is 8.38. The highest BCUT2D eigenvalue weighted by Gasteiger charge is 2.50. The van der Waals surface area contributed by atoms with Crippen LogP contribution in [0.3, 0.4) is 0 Å². The first-order valence-corrected chi connectivity index (χ1v) is 11.6. The summed E-state index contributed by atoms with van der Waals surface area (Å²) in [5, 5.41) is 13.6. The van der Waals surface area contributed by atoms with Crippen LogP contribution in [-0.2, 0) is 4.74 Å². The summed E-state index contributed by atoms with van der Waals surface area (Å²) < 4.78 is 7.80. The molecule has 32 heavy (non-hydrogen) atoms. The molecule has 2 aliphatic rings. The van der Waals surface area contributed by atoms with E-state index in [9.17, 15) is 0 Å². The molecule has 3 aromatic heterocycles. The molecular weight excluding hydrogens is 450 g/mol. The van der Waals surface area contributed by atoms with Crippen LogP contribution in [0.1, 0.15) is 19.8 Å². The van der Waals surface area contributed by atoms with Gasteiger partial charge >= 0.3 is 0 Å². The Morgan fingerprint density at radius 2 is 2.06 bits per heavy atom. The highest BCUT2D eigenvalue weighted by molar-refractivity contribution is 7.99. The topological polar surface area (TPSA) is 132 Å². The number of nitrogens with two attached hydrogens (primary N) is 2. The lowest BCUT2D eigenvalue weighted by Crippen LogP contribution is -2.46. The number of nitrogen functional groups attached to an aromatic ring is 1. The maximum atomic E-state index is 6.33. The van der Waals surface area contributed by atoms with Crippen LogP contribution in [0.4, 0.5) is 11.6 Å². The number of rotatable bonds is 4. The van der Waals surface area contributed by atoms with E-state index < -0.39 is 0 Å². The molecule has 0 radical (unpaired) electrons. The van der Waals surface area contributed by atoms with E-state index in [0.717, 1.165) is 47.2 Å².